The Labute approximate surface area is 104 Å². The van der Waals surface area contributed by atoms with Crippen LogP contribution in [-0.2, 0) is 10.8 Å². The molecule has 2 unspecified atom stereocenters. The molecule has 1 aromatic rings. The normalized spacial score (nSPS) is 32.4. The molecule has 0 fully saturated rings. The van der Waals surface area contributed by atoms with Crippen molar-refractivity contribution in [1.29, 1.82) is 0 Å². The van der Waals surface area contributed by atoms with Crippen LogP contribution in [0.3, 0.4) is 0 Å². The Kier molecular flexibility index (Phi) is 1.99. The Balaban J connectivity index is 2.36. The largest absolute Gasteiger partial charge is 0.0794 e. The third kappa shape index (κ3) is 1.19. The first kappa shape index (κ1) is 10.8. The van der Waals surface area contributed by atoms with Crippen molar-refractivity contribution in [3.05, 3.63) is 59.2 Å². The third-order valence-corrected chi connectivity index (χ3v) is 4.79. The average Bonchev–Trinajstić information content (AvgIpc) is 2.46. The van der Waals surface area contributed by atoms with E-state index in [1.54, 1.807) is 5.56 Å². The first-order valence-corrected chi connectivity index (χ1v) is 6.44. The van der Waals surface area contributed by atoms with Gasteiger partial charge >= 0.3 is 0 Å². The van der Waals surface area contributed by atoms with E-state index in [0.29, 0.717) is 5.92 Å². The zero-order valence-corrected chi connectivity index (χ0v) is 11.1. The van der Waals surface area contributed by atoms with Crippen molar-refractivity contribution >= 4 is 0 Å². The van der Waals surface area contributed by atoms with E-state index in [9.17, 15) is 0 Å². The highest BCUT2D eigenvalue weighted by atomic mass is 14.5. The standard InChI is InChI=1S/C17H20/c1-12-8-7-9-13-15(12)17(4)11-6-5-10-14(17)16(13,2)3/h5-11,14H,1-4H3. The van der Waals surface area contributed by atoms with E-state index in [0.717, 1.165) is 0 Å². The number of fused-ring (bicyclic) bond motifs is 3. The van der Waals surface area contributed by atoms with Crippen LogP contribution in [-0.4, -0.2) is 0 Å². The predicted molar refractivity (Wildman–Crippen MR) is 73.3 cm³/mol. The van der Waals surface area contributed by atoms with Crippen LogP contribution in [0.1, 0.15) is 37.5 Å². The molecule has 0 amide bonds. The predicted octanol–water partition coefficient (Wildman–Crippen LogP) is 4.29. The maximum Gasteiger partial charge on any atom is 0.0183 e. The fourth-order valence-corrected chi connectivity index (χ4v) is 4.05. The van der Waals surface area contributed by atoms with Crippen LogP contribution in [0, 0.1) is 12.8 Å². The topological polar surface area (TPSA) is 0 Å². The lowest BCUT2D eigenvalue weighted by Crippen LogP contribution is -2.34. The van der Waals surface area contributed by atoms with E-state index in [1.165, 1.54) is 11.1 Å². The zero-order chi connectivity index (χ0) is 12.3. The number of hydrogen-bond acceptors (Lipinski definition) is 0. The van der Waals surface area contributed by atoms with E-state index in [2.05, 4.69) is 70.2 Å². The molecule has 0 radical (unpaired) electrons. The lowest BCUT2D eigenvalue weighted by Gasteiger charge is -2.36. The fraction of sp³-hybridized carbons (Fsp3) is 0.412. The highest BCUT2D eigenvalue weighted by Gasteiger charge is 2.51. The van der Waals surface area contributed by atoms with Crippen molar-refractivity contribution in [3.8, 4) is 0 Å². The summed E-state index contributed by atoms with van der Waals surface area (Å²) in [7, 11) is 0. The maximum absolute atomic E-state index is 2.39. The van der Waals surface area contributed by atoms with E-state index in [4.69, 9.17) is 0 Å². The van der Waals surface area contributed by atoms with Gasteiger partial charge in [0.15, 0.2) is 0 Å². The van der Waals surface area contributed by atoms with Crippen molar-refractivity contribution in [3.63, 3.8) is 0 Å². The lowest BCUT2D eigenvalue weighted by atomic mass is 9.67. The van der Waals surface area contributed by atoms with Crippen LogP contribution in [0.4, 0.5) is 0 Å². The molecule has 0 saturated carbocycles. The van der Waals surface area contributed by atoms with Crippen LogP contribution >= 0.6 is 0 Å². The second-order valence-corrected chi connectivity index (χ2v) is 6.22. The van der Waals surface area contributed by atoms with Crippen molar-refractivity contribution in [2.45, 2.75) is 38.5 Å². The van der Waals surface area contributed by atoms with Crippen molar-refractivity contribution < 1.29 is 0 Å². The molecule has 2 atom stereocenters. The van der Waals surface area contributed by atoms with Gasteiger partial charge in [-0.25, -0.2) is 0 Å². The zero-order valence-electron chi connectivity index (χ0n) is 11.1. The van der Waals surface area contributed by atoms with Crippen molar-refractivity contribution in [2.75, 3.05) is 0 Å². The molecule has 1 aromatic carbocycles. The Morgan fingerprint density at radius 1 is 1.06 bits per heavy atom. The van der Waals surface area contributed by atoms with Gasteiger partial charge in [-0.05, 0) is 34.9 Å². The van der Waals surface area contributed by atoms with Crippen LogP contribution in [0.15, 0.2) is 42.5 Å². The van der Waals surface area contributed by atoms with Gasteiger partial charge in [0.1, 0.15) is 0 Å². The molecule has 2 aliphatic carbocycles. The highest BCUT2D eigenvalue weighted by molar-refractivity contribution is 5.56. The molecular formula is C17H20. The van der Waals surface area contributed by atoms with E-state index >= 15 is 0 Å². The summed E-state index contributed by atoms with van der Waals surface area (Å²) in [5, 5.41) is 0. The molecule has 0 heterocycles. The molecule has 88 valence electrons. The lowest BCUT2D eigenvalue weighted by molar-refractivity contribution is 0.323. The summed E-state index contributed by atoms with van der Waals surface area (Å²) < 4.78 is 0. The molecular weight excluding hydrogens is 204 g/mol. The molecule has 0 saturated heterocycles. The number of benzene rings is 1. The molecule has 2 aliphatic rings. The summed E-state index contributed by atoms with van der Waals surface area (Å²) in [5.41, 5.74) is 4.92. The average molecular weight is 224 g/mol. The number of allylic oxidation sites excluding steroid dienone is 4. The van der Waals surface area contributed by atoms with E-state index in [1.807, 2.05) is 0 Å². The second kappa shape index (κ2) is 3.13. The van der Waals surface area contributed by atoms with Gasteiger partial charge in [0.25, 0.3) is 0 Å². The van der Waals surface area contributed by atoms with Gasteiger partial charge in [0.2, 0.25) is 0 Å². The fourth-order valence-electron chi connectivity index (χ4n) is 4.05. The highest BCUT2D eigenvalue weighted by Crippen LogP contribution is 2.56. The SMILES string of the molecule is Cc1cccc2c1C1(C)C=CC=CC1C2(C)C. The Morgan fingerprint density at radius 2 is 1.82 bits per heavy atom. The molecule has 0 nitrogen and oxygen atoms in total. The first-order valence-electron chi connectivity index (χ1n) is 6.44. The molecule has 0 aromatic heterocycles. The molecule has 0 N–H and O–H groups in total. The smallest absolute Gasteiger partial charge is 0.0183 e. The minimum atomic E-state index is 0.179. The third-order valence-electron chi connectivity index (χ3n) is 4.79. The Hall–Kier alpha value is -1.30. The van der Waals surface area contributed by atoms with Gasteiger partial charge in [-0.15, -0.1) is 0 Å². The summed E-state index contributed by atoms with van der Waals surface area (Å²) >= 11 is 0. The van der Waals surface area contributed by atoms with Crippen molar-refractivity contribution in [2.24, 2.45) is 5.92 Å². The van der Waals surface area contributed by atoms with Gasteiger partial charge in [-0.2, -0.15) is 0 Å². The summed E-state index contributed by atoms with van der Waals surface area (Å²) in [5.74, 6) is 0.580. The summed E-state index contributed by atoms with van der Waals surface area (Å²) in [6.07, 6.45) is 9.18. The monoisotopic (exact) mass is 224 g/mol. The summed E-state index contributed by atoms with van der Waals surface area (Å²) in [6.45, 7) is 9.39. The molecule has 3 rings (SSSR count). The minimum absolute atomic E-state index is 0.179. The Bertz CT molecular complexity index is 531. The number of aryl methyl sites for hydroxylation is 1. The van der Waals surface area contributed by atoms with Crippen LogP contribution in [0.25, 0.3) is 0 Å². The first-order chi connectivity index (χ1) is 7.98. The maximum atomic E-state index is 2.39. The van der Waals surface area contributed by atoms with Gasteiger partial charge < -0.3 is 0 Å². The van der Waals surface area contributed by atoms with Gasteiger partial charge in [-0.3, -0.25) is 0 Å². The van der Waals surface area contributed by atoms with Gasteiger partial charge in [-0.1, -0.05) is 63.3 Å². The molecule has 0 bridgehead atoms. The van der Waals surface area contributed by atoms with Gasteiger partial charge in [0.05, 0.1) is 0 Å². The summed E-state index contributed by atoms with van der Waals surface area (Å²) in [6, 6.07) is 6.76. The number of rotatable bonds is 0. The molecule has 0 heteroatoms. The Morgan fingerprint density at radius 3 is 2.59 bits per heavy atom. The molecule has 0 aliphatic heterocycles. The molecule has 17 heavy (non-hydrogen) atoms. The second-order valence-electron chi connectivity index (χ2n) is 6.22. The van der Waals surface area contributed by atoms with Crippen LogP contribution in [0.5, 0.6) is 0 Å². The van der Waals surface area contributed by atoms with Gasteiger partial charge in [0, 0.05) is 5.41 Å². The van der Waals surface area contributed by atoms with Crippen LogP contribution in [0.2, 0.25) is 0 Å². The van der Waals surface area contributed by atoms with E-state index < -0.39 is 0 Å². The quantitative estimate of drug-likeness (QED) is 0.617. The summed E-state index contributed by atoms with van der Waals surface area (Å²) in [4.78, 5) is 0. The van der Waals surface area contributed by atoms with Crippen molar-refractivity contribution in [1.82, 2.24) is 0 Å². The molecule has 0 spiro atoms. The van der Waals surface area contributed by atoms with E-state index in [-0.39, 0.29) is 10.8 Å². The number of hydrogen-bond donors (Lipinski definition) is 0. The van der Waals surface area contributed by atoms with Crippen LogP contribution < -0.4 is 0 Å². The minimum Gasteiger partial charge on any atom is -0.0794 e.